The number of carbonyl (C=O) groups excluding carboxylic acids is 1. The molecule has 134 valence electrons. The molecule has 1 aliphatic rings. The summed E-state index contributed by atoms with van der Waals surface area (Å²) >= 11 is 0. The van der Waals surface area contributed by atoms with Crippen LogP contribution in [-0.2, 0) is 13.0 Å². The predicted octanol–water partition coefficient (Wildman–Crippen LogP) is 4.08. The topological polar surface area (TPSA) is 60.7 Å². The van der Waals surface area contributed by atoms with Crippen LogP contribution < -0.4 is 14.8 Å². The highest BCUT2D eigenvalue weighted by Gasteiger charge is 2.22. The summed E-state index contributed by atoms with van der Waals surface area (Å²) < 4.78 is 17.2. The molecule has 0 saturated carbocycles. The van der Waals surface area contributed by atoms with Gasteiger partial charge in [0, 0.05) is 29.5 Å². The number of benzene rings is 2. The van der Waals surface area contributed by atoms with Crippen molar-refractivity contribution < 1.29 is 18.7 Å². The summed E-state index contributed by atoms with van der Waals surface area (Å²) in [5.41, 5.74) is 2.74. The van der Waals surface area contributed by atoms with Gasteiger partial charge in [-0.05, 0) is 38.1 Å². The lowest BCUT2D eigenvalue weighted by molar-refractivity contribution is 0.0925. The zero-order valence-corrected chi connectivity index (χ0v) is 14.9. The molecule has 2 heterocycles. The van der Waals surface area contributed by atoms with E-state index in [1.807, 2.05) is 50.2 Å². The normalized spacial score (nSPS) is 15.5. The third-order valence-electron chi connectivity index (χ3n) is 4.47. The second-order valence-electron chi connectivity index (χ2n) is 6.46. The summed E-state index contributed by atoms with van der Waals surface area (Å²) in [6.45, 7) is 4.91. The van der Waals surface area contributed by atoms with Crippen molar-refractivity contribution in [2.24, 2.45) is 0 Å². The number of hydrogen-bond donors (Lipinski definition) is 1. The summed E-state index contributed by atoms with van der Waals surface area (Å²) in [5.74, 6) is 1.71. The number of hydrogen-bond acceptors (Lipinski definition) is 4. The molecule has 0 saturated heterocycles. The van der Waals surface area contributed by atoms with Gasteiger partial charge in [0.1, 0.15) is 23.2 Å². The molecule has 26 heavy (non-hydrogen) atoms. The molecule has 3 aromatic rings. The summed E-state index contributed by atoms with van der Waals surface area (Å²) in [4.78, 5) is 12.5. The summed E-state index contributed by atoms with van der Waals surface area (Å²) in [7, 11) is 0. The highest BCUT2D eigenvalue weighted by molar-refractivity contribution is 5.96. The molecule has 0 aliphatic carbocycles. The Morgan fingerprint density at radius 3 is 2.92 bits per heavy atom. The van der Waals surface area contributed by atoms with Gasteiger partial charge in [-0.3, -0.25) is 4.79 Å². The number of ether oxygens (including phenoxy) is 2. The lowest BCUT2D eigenvalue weighted by Crippen LogP contribution is -2.22. The first-order valence-electron chi connectivity index (χ1n) is 8.86. The maximum absolute atomic E-state index is 12.5. The lowest BCUT2D eigenvalue weighted by Gasteiger charge is -2.13. The minimum Gasteiger partial charge on any atom is -0.494 e. The van der Waals surface area contributed by atoms with Gasteiger partial charge in [0.25, 0.3) is 5.91 Å². The van der Waals surface area contributed by atoms with Gasteiger partial charge in [-0.25, -0.2) is 0 Å². The summed E-state index contributed by atoms with van der Waals surface area (Å²) in [5, 5.41) is 3.82. The number of fused-ring (bicyclic) bond motifs is 2. The quantitative estimate of drug-likeness (QED) is 0.752. The maximum atomic E-state index is 12.5. The van der Waals surface area contributed by atoms with Crippen LogP contribution in [0.3, 0.4) is 0 Å². The molecular weight excluding hydrogens is 330 g/mol. The second kappa shape index (κ2) is 6.75. The van der Waals surface area contributed by atoms with Crippen LogP contribution in [0.5, 0.6) is 11.5 Å². The first-order valence-corrected chi connectivity index (χ1v) is 8.86. The molecule has 0 spiro atoms. The molecule has 5 heteroatoms. The molecule has 2 aromatic carbocycles. The number of carbonyl (C=O) groups is 1. The van der Waals surface area contributed by atoms with Gasteiger partial charge < -0.3 is 19.2 Å². The minimum absolute atomic E-state index is 0.167. The zero-order valence-electron chi connectivity index (χ0n) is 14.9. The lowest BCUT2D eigenvalue weighted by atomic mass is 10.1. The Labute approximate surface area is 151 Å². The standard InChI is InChI=1S/C21H21NO4/c1-3-24-18-10-15-8-13(2)25-19(15)11-16(18)12-22-21(23)20-9-14-6-4-5-7-17(14)26-20/h4-7,9-11,13H,3,8,12H2,1-2H3,(H,22,23)/t13-/m1/s1. The second-order valence-corrected chi connectivity index (χ2v) is 6.46. The van der Waals surface area contributed by atoms with Crippen LogP contribution in [0.1, 0.15) is 35.5 Å². The smallest absolute Gasteiger partial charge is 0.287 e. The average Bonchev–Trinajstić information content (AvgIpc) is 3.21. The van der Waals surface area contributed by atoms with E-state index in [2.05, 4.69) is 5.32 Å². The van der Waals surface area contributed by atoms with Crippen molar-refractivity contribution >= 4 is 16.9 Å². The fraction of sp³-hybridized carbons (Fsp3) is 0.286. The highest BCUT2D eigenvalue weighted by atomic mass is 16.5. The number of para-hydroxylation sites is 1. The number of amides is 1. The van der Waals surface area contributed by atoms with Gasteiger partial charge in [0.15, 0.2) is 5.76 Å². The van der Waals surface area contributed by atoms with Crippen LogP contribution >= 0.6 is 0 Å². The first kappa shape index (κ1) is 16.5. The van der Waals surface area contributed by atoms with E-state index in [0.717, 1.165) is 34.4 Å². The van der Waals surface area contributed by atoms with Crippen LogP contribution in [0.25, 0.3) is 11.0 Å². The monoisotopic (exact) mass is 351 g/mol. The van der Waals surface area contributed by atoms with Crippen molar-refractivity contribution in [3.8, 4) is 11.5 Å². The molecule has 1 atom stereocenters. The van der Waals surface area contributed by atoms with Crippen molar-refractivity contribution in [2.75, 3.05) is 6.61 Å². The van der Waals surface area contributed by atoms with Crippen LogP contribution in [-0.4, -0.2) is 18.6 Å². The molecule has 1 aromatic heterocycles. The van der Waals surface area contributed by atoms with Crippen LogP contribution in [0, 0.1) is 0 Å². The maximum Gasteiger partial charge on any atom is 0.287 e. The molecule has 1 amide bonds. The van der Waals surface area contributed by atoms with Crippen molar-refractivity contribution in [1.82, 2.24) is 5.32 Å². The number of nitrogens with one attached hydrogen (secondary N) is 1. The van der Waals surface area contributed by atoms with Crippen molar-refractivity contribution in [1.29, 1.82) is 0 Å². The van der Waals surface area contributed by atoms with Gasteiger partial charge in [-0.15, -0.1) is 0 Å². The van der Waals surface area contributed by atoms with Crippen molar-refractivity contribution in [3.63, 3.8) is 0 Å². The third-order valence-corrected chi connectivity index (χ3v) is 4.47. The minimum atomic E-state index is -0.251. The highest BCUT2D eigenvalue weighted by Crippen LogP contribution is 2.35. The molecule has 1 aliphatic heterocycles. The third kappa shape index (κ3) is 3.12. The van der Waals surface area contributed by atoms with Gasteiger partial charge in [0.2, 0.25) is 0 Å². The Morgan fingerprint density at radius 1 is 1.27 bits per heavy atom. The van der Waals surface area contributed by atoms with Crippen LogP contribution in [0.2, 0.25) is 0 Å². The molecule has 5 nitrogen and oxygen atoms in total. The van der Waals surface area contributed by atoms with E-state index < -0.39 is 0 Å². The Kier molecular flexibility index (Phi) is 4.29. The van der Waals surface area contributed by atoms with E-state index in [1.165, 1.54) is 0 Å². The Morgan fingerprint density at radius 2 is 2.12 bits per heavy atom. The summed E-state index contributed by atoms with van der Waals surface area (Å²) in [6.07, 6.45) is 1.04. The first-order chi connectivity index (χ1) is 12.6. The molecular formula is C21H21NO4. The van der Waals surface area contributed by atoms with E-state index in [-0.39, 0.29) is 12.0 Å². The van der Waals surface area contributed by atoms with E-state index in [0.29, 0.717) is 24.5 Å². The van der Waals surface area contributed by atoms with E-state index in [1.54, 1.807) is 6.07 Å². The Hall–Kier alpha value is -2.95. The van der Waals surface area contributed by atoms with Gasteiger partial charge >= 0.3 is 0 Å². The molecule has 0 unspecified atom stereocenters. The fourth-order valence-electron chi connectivity index (χ4n) is 3.27. The van der Waals surface area contributed by atoms with E-state index in [9.17, 15) is 4.79 Å². The van der Waals surface area contributed by atoms with E-state index in [4.69, 9.17) is 13.9 Å². The molecule has 0 fully saturated rings. The number of rotatable bonds is 5. The van der Waals surface area contributed by atoms with E-state index >= 15 is 0 Å². The molecule has 4 rings (SSSR count). The van der Waals surface area contributed by atoms with Crippen molar-refractivity contribution in [3.05, 3.63) is 59.4 Å². The largest absolute Gasteiger partial charge is 0.494 e. The van der Waals surface area contributed by atoms with Gasteiger partial charge in [0.05, 0.1) is 6.61 Å². The predicted molar refractivity (Wildman–Crippen MR) is 98.8 cm³/mol. The molecule has 0 radical (unpaired) electrons. The summed E-state index contributed by atoms with van der Waals surface area (Å²) in [6, 6.07) is 13.3. The van der Waals surface area contributed by atoms with Crippen LogP contribution in [0.4, 0.5) is 0 Å². The SMILES string of the molecule is CCOc1cc2c(cc1CNC(=O)c1cc3ccccc3o1)O[C@H](C)C2. The van der Waals surface area contributed by atoms with Crippen LogP contribution in [0.15, 0.2) is 46.9 Å². The Balaban J connectivity index is 1.53. The molecule has 1 N–H and O–H groups in total. The van der Waals surface area contributed by atoms with Gasteiger partial charge in [-0.2, -0.15) is 0 Å². The average molecular weight is 351 g/mol. The van der Waals surface area contributed by atoms with Crippen molar-refractivity contribution in [2.45, 2.75) is 32.9 Å². The molecule has 0 bridgehead atoms. The fourth-order valence-corrected chi connectivity index (χ4v) is 3.27. The number of furan rings is 1. The Bertz CT molecular complexity index is 927. The zero-order chi connectivity index (χ0) is 18.1. The van der Waals surface area contributed by atoms with Gasteiger partial charge in [-0.1, -0.05) is 18.2 Å².